The largest absolute Gasteiger partial charge is 0.328 e. The molecule has 1 aliphatic carbocycles. The third kappa shape index (κ3) is 2.30. The van der Waals surface area contributed by atoms with Gasteiger partial charge >= 0.3 is 0 Å². The Morgan fingerprint density at radius 3 is 3.07 bits per heavy atom. The maximum atomic E-state index is 5.82. The topological polar surface area (TPSA) is 68.8 Å². The van der Waals surface area contributed by atoms with Gasteiger partial charge in [0.2, 0.25) is 0 Å². The van der Waals surface area contributed by atoms with Crippen molar-refractivity contribution >= 4 is 0 Å². The lowest BCUT2D eigenvalue weighted by atomic mass is 10.2. The molecular formula is C9H17N5. The summed E-state index contributed by atoms with van der Waals surface area (Å²) in [5.41, 5.74) is 5.82. The average molecular weight is 195 g/mol. The van der Waals surface area contributed by atoms with E-state index >= 15 is 0 Å². The Morgan fingerprint density at radius 2 is 2.50 bits per heavy atom. The van der Waals surface area contributed by atoms with E-state index in [1.807, 2.05) is 7.05 Å². The van der Waals surface area contributed by atoms with Gasteiger partial charge in [0.25, 0.3) is 0 Å². The first-order chi connectivity index (χ1) is 6.74. The maximum Gasteiger partial charge on any atom is 0.164 e. The molecule has 1 aromatic heterocycles. The molecule has 5 nitrogen and oxygen atoms in total. The minimum absolute atomic E-state index is 0.379. The summed E-state index contributed by atoms with van der Waals surface area (Å²) in [5, 5.41) is 7.63. The lowest BCUT2D eigenvalue weighted by Crippen LogP contribution is -2.28. The van der Waals surface area contributed by atoms with Crippen LogP contribution in [0.3, 0.4) is 0 Å². The molecule has 1 aliphatic rings. The molecule has 1 heterocycles. The highest BCUT2D eigenvalue weighted by molar-refractivity contribution is 4.86. The normalized spacial score (nSPS) is 27.0. The van der Waals surface area contributed by atoms with E-state index in [2.05, 4.69) is 15.4 Å². The zero-order valence-corrected chi connectivity index (χ0v) is 8.48. The zero-order valence-electron chi connectivity index (χ0n) is 8.48. The van der Waals surface area contributed by atoms with E-state index < -0.39 is 0 Å². The predicted octanol–water partition coefficient (Wildman–Crippen LogP) is -0.215. The fourth-order valence-corrected chi connectivity index (χ4v) is 1.90. The summed E-state index contributed by atoms with van der Waals surface area (Å²) in [6.45, 7) is 0.748. The molecule has 0 spiro atoms. The number of nitrogens with zero attached hydrogens (tertiary/aromatic N) is 3. The Bertz CT molecular complexity index is 295. The second kappa shape index (κ2) is 4.06. The highest BCUT2D eigenvalue weighted by atomic mass is 15.3. The summed E-state index contributed by atoms with van der Waals surface area (Å²) in [4.78, 5) is 4.15. The monoisotopic (exact) mass is 195 g/mol. The molecule has 3 N–H and O–H groups in total. The van der Waals surface area contributed by atoms with Gasteiger partial charge in [-0.3, -0.25) is 4.68 Å². The second-order valence-electron chi connectivity index (χ2n) is 3.99. The summed E-state index contributed by atoms with van der Waals surface area (Å²) in [6.07, 6.45) is 5.10. The van der Waals surface area contributed by atoms with Crippen LogP contribution in [-0.2, 0) is 13.6 Å². The van der Waals surface area contributed by atoms with Crippen LogP contribution in [0.25, 0.3) is 0 Å². The molecule has 2 unspecified atom stereocenters. The number of nitrogens with one attached hydrogen (secondary N) is 1. The van der Waals surface area contributed by atoms with Crippen molar-refractivity contribution in [2.24, 2.45) is 12.8 Å². The quantitative estimate of drug-likeness (QED) is 0.700. The number of rotatable bonds is 3. The number of aryl methyl sites for hydroxylation is 1. The fraction of sp³-hybridized carbons (Fsp3) is 0.778. The Labute approximate surface area is 83.7 Å². The fourth-order valence-electron chi connectivity index (χ4n) is 1.90. The van der Waals surface area contributed by atoms with Gasteiger partial charge < -0.3 is 11.1 Å². The summed E-state index contributed by atoms with van der Waals surface area (Å²) >= 11 is 0. The first-order valence-corrected chi connectivity index (χ1v) is 5.07. The lowest BCUT2D eigenvalue weighted by molar-refractivity contribution is 0.505. The van der Waals surface area contributed by atoms with Crippen molar-refractivity contribution in [3.8, 4) is 0 Å². The number of nitrogens with two attached hydrogens (primary N) is 1. The molecule has 2 rings (SSSR count). The highest BCUT2D eigenvalue weighted by Gasteiger charge is 2.21. The molecule has 0 aliphatic heterocycles. The molecule has 1 fully saturated rings. The van der Waals surface area contributed by atoms with E-state index in [0.29, 0.717) is 12.1 Å². The van der Waals surface area contributed by atoms with Gasteiger partial charge in [-0.2, -0.15) is 5.10 Å². The van der Waals surface area contributed by atoms with Crippen molar-refractivity contribution in [3.63, 3.8) is 0 Å². The summed E-state index contributed by atoms with van der Waals surface area (Å²) in [7, 11) is 1.88. The van der Waals surface area contributed by atoms with Crippen LogP contribution in [0.1, 0.15) is 25.1 Å². The van der Waals surface area contributed by atoms with Crippen LogP contribution in [-0.4, -0.2) is 26.8 Å². The van der Waals surface area contributed by atoms with E-state index in [1.165, 1.54) is 6.42 Å². The van der Waals surface area contributed by atoms with Crippen LogP contribution in [0.5, 0.6) is 0 Å². The Balaban J connectivity index is 1.77. The molecular weight excluding hydrogens is 178 g/mol. The van der Waals surface area contributed by atoms with Crippen LogP contribution in [0.2, 0.25) is 0 Å². The van der Waals surface area contributed by atoms with Crippen LogP contribution in [0, 0.1) is 0 Å². The van der Waals surface area contributed by atoms with Gasteiger partial charge in [-0.25, -0.2) is 4.98 Å². The molecule has 0 aromatic carbocycles. The van der Waals surface area contributed by atoms with Gasteiger partial charge in [0, 0.05) is 19.1 Å². The van der Waals surface area contributed by atoms with E-state index in [-0.39, 0.29) is 0 Å². The van der Waals surface area contributed by atoms with Gasteiger partial charge in [-0.15, -0.1) is 0 Å². The van der Waals surface area contributed by atoms with E-state index in [9.17, 15) is 0 Å². The second-order valence-corrected chi connectivity index (χ2v) is 3.99. The van der Waals surface area contributed by atoms with E-state index in [4.69, 9.17) is 5.73 Å². The summed E-state index contributed by atoms with van der Waals surface area (Å²) < 4.78 is 1.72. The molecule has 1 aromatic rings. The summed E-state index contributed by atoms with van der Waals surface area (Å²) in [5.74, 6) is 0.855. The molecule has 2 atom stereocenters. The van der Waals surface area contributed by atoms with Gasteiger partial charge in [0.1, 0.15) is 6.33 Å². The number of hydrogen-bond acceptors (Lipinski definition) is 4. The molecule has 1 saturated carbocycles. The molecule has 14 heavy (non-hydrogen) atoms. The lowest BCUT2D eigenvalue weighted by Gasteiger charge is -2.09. The van der Waals surface area contributed by atoms with Gasteiger partial charge in [0.15, 0.2) is 5.82 Å². The minimum atomic E-state index is 0.379. The van der Waals surface area contributed by atoms with Crippen LogP contribution >= 0.6 is 0 Å². The zero-order chi connectivity index (χ0) is 9.97. The third-order valence-electron chi connectivity index (χ3n) is 2.67. The Morgan fingerprint density at radius 1 is 1.64 bits per heavy atom. The van der Waals surface area contributed by atoms with Crippen molar-refractivity contribution in [1.29, 1.82) is 0 Å². The standard InChI is InChI=1S/C9H17N5/c1-14-6-12-9(13-14)5-11-8-3-2-7(10)4-8/h6-8,11H,2-5,10H2,1H3. The summed E-state index contributed by atoms with van der Waals surface area (Å²) in [6, 6.07) is 0.929. The highest BCUT2D eigenvalue weighted by Crippen LogP contribution is 2.17. The van der Waals surface area contributed by atoms with Crippen molar-refractivity contribution in [3.05, 3.63) is 12.2 Å². The average Bonchev–Trinajstić information content (AvgIpc) is 2.72. The van der Waals surface area contributed by atoms with Crippen molar-refractivity contribution in [1.82, 2.24) is 20.1 Å². The maximum absolute atomic E-state index is 5.82. The molecule has 0 bridgehead atoms. The van der Waals surface area contributed by atoms with E-state index in [0.717, 1.165) is 25.2 Å². The van der Waals surface area contributed by atoms with Gasteiger partial charge in [-0.1, -0.05) is 0 Å². The Kier molecular flexibility index (Phi) is 2.79. The van der Waals surface area contributed by atoms with Crippen molar-refractivity contribution in [2.45, 2.75) is 37.9 Å². The molecule has 0 saturated heterocycles. The first-order valence-electron chi connectivity index (χ1n) is 5.07. The smallest absolute Gasteiger partial charge is 0.164 e. The number of hydrogen-bond donors (Lipinski definition) is 2. The predicted molar refractivity (Wildman–Crippen MR) is 53.5 cm³/mol. The van der Waals surface area contributed by atoms with Gasteiger partial charge in [-0.05, 0) is 19.3 Å². The number of aromatic nitrogens is 3. The SMILES string of the molecule is Cn1cnc(CNC2CCC(N)C2)n1. The van der Waals surface area contributed by atoms with Gasteiger partial charge in [0.05, 0.1) is 6.54 Å². The van der Waals surface area contributed by atoms with Crippen LogP contribution < -0.4 is 11.1 Å². The molecule has 5 heteroatoms. The van der Waals surface area contributed by atoms with Crippen LogP contribution in [0.4, 0.5) is 0 Å². The van der Waals surface area contributed by atoms with Crippen molar-refractivity contribution < 1.29 is 0 Å². The molecule has 78 valence electrons. The third-order valence-corrected chi connectivity index (χ3v) is 2.67. The molecule has 0 radical (unpaired) electrons. The van der Waals surface area contributed by atoms with E-state index in [1.54, 1.807) is 11.0 Å². The first kappa shape index (κ1) is 9.61. The minimum Gasteiger partial charge on any atom is -0.328 e. The van der Waals surface area contributed by atoms with Crippen LogP contribution in [0.15, 0.2) is 6.33 Å². The molecule has 0 amide bonds. The Hall–Kier alpha value is -0.940. The van der Waals surface area contributed by atoms with Crippen molar-refractivity contribution in [2.75, 3.05) is 0 Å².